The van der Waals surface area contributed by atoms with Crippen molar-refractivity contribution < 1.29 is 32.1 Å². The lowest BCUT2D eigenvalue weighted by molar-refractivity contribution is -0.139. The number of aromatic nitrogens is 3. The highest BCUT2D eigenvalue weighted by atomic mass is 32.1. The van der Waals surface area contributed by atoms with E-state index in [1.54, 1.807) is 13.0 Å². The predicted molar refractivity (Wildman–Crippen MR) is 131 cm³/mol. The number of rotatable bonds is 6. The average Bonchev–Trinajstić information content (AvgIpc) is 3.60. The van der Waals surface area contributed by atoms with Gasteiger partial charge in [0, 0.05) is 35.9 Å². The zero-order valence-electron chi connectivity index (χ0n) is 20.8. The van der Waals surface area contributed by atoms with Gasteiger partial charge in [-0.25, -0.2) is 14.8 Å². The molecule has 204 valence electrons. The summed E-state index contributed by atoms with van der Waals surface area (Å²) in [4.78, 5) is 54.9. The van der Waals surface area contributed by atoms with E-state index in [-0.39, 0.29) is 35.2 Å². The molecule has 2 aliphatic heterocycles. The van der Waals surface area contributed by atoms with Crippen molar-refractivity contribution in [2.75, 3.05) is 18.9 Å². The van der Waals surface area contributed by atoms with Crippen LogP contribution in [-0.4, -0.2) is 79.8 Å². The molecule has 0 aliphatic carbocycles. The van der Waals surface area contributed by atoms with E-state index in [1.807, 2.05) is 0 Å². The highest BCUT2D eigenvalue weighted by Crippen LogP contribution is 2.35. The molecule has 12 nitrogen and oxygen atoms in total. The van der Waals surface area contributed by atoms with Crippen molar-refractivity contribution in [1.29, 1.82) is 0 Å². The van der Waals surface area contributed by atoms with Crippen LogP contribution in [0.1, 0.15) is 22.7 Å². The Kier molecular flexibility index (Phi) is 6.57. The van der Waals surface area contributed by atoms with Crippen LogP contribution in [0, 0.1) is 13.8 Å². The van der Waals surface area contributed by atoms with Crippen LogP contribution in [0.3, 0.4) is 0 Å². The number of carbonyl (C=O) groups excluding carboxylic acids is 3. The number of carbonyl (C=O) groups is 3. The van der Waals surface area contributed by atoms with Crippen molar-refractivity contribution in [3.63, 3.8) is 0 Å². The van der Waals surface area contributed by atoms with E-state index in [9.17, 15) is 27.6 Å². The van der Waals surface area contributed by atoms with Gasteiger partial charge in [-0.1, -0.05) is 5.16 Å². The Morgan fingerprint density at radius 1 is 1.23 bits per heavy atom. The quantitative estimate of drug-likeness (QED) is 0.484. The number of thiazole rings is 1. The number of nitrogens with zero attached hydrogens (tertiary/aromatic N) is 7. The number of pyridine rings is 1. The first-order chi connectivity index (χ1) is 18.4. The zero-order valence-corrected chi connectivity index (χ0v) is 21.6. The molecule has 1 saturated heterocycles. The van der Waals surface area contributed by atoms with E-state index in [2.05, 4.69) is 25.4 Å². The van der Waals surface area contributed by atoms with Gasteiger partial charge in [0.15, 0.2) is 12.2 Å². The molecule has 0 radical (unpaired) electrons. The third-order valence-corrected chi connectivity index (χ3v) is 7.08. The smallest absolute Gasteiger partial charge is 0.361 e. The first-order valence-corrected chi connectivity index (χ1v) is 12.4. The third-order valence-electron chi connectivity index (χ3n) is 6.19. The fraction of sp³-hybridized carbons (Fsp3) is 0.348. The summed E-state index contributed by atoms with van der Waals surface area (Å²) in [5.74, 6) is -0.423. The number of fused-ring (bicyclic) bond motifs is 1. The first kappa shape index (κ1) is 26.3. The summed E-state index contributed by atoms with van der Waals surface area (Å²) in [7, 11) is 1.51. The number of urea groups is 1. The number of alkyl halides is 3. The lowest BCUT2D eigenvalue weighted by atomic mass is 10.1. The Morgan fingerprint density at radius 3 is 2.69 bits per heavy atom. The zero-order chi connectivity index (χ0) is 28.1. The van der Waals surface area contributed by atoms with E-state index >= 15 is 0 Å². The van der Waals surface area contributed by atoms with Crippen molar-refractivity contribution in [3.05, 3.63) is 46.4 Å². The molecule has 3 aromatic heterocycles. The predicted octanol–water partition coefficient (Wildman–Crippen LogP) is 2.90. The topological polar surface area (TPSA) is 137 Å². The minimum absolute atomic E-state index is 0.103. The van der Waals surface area contributed by atoms with E-state index in [0.29, 0.717) is 11.5 Å². The molecule has 0 aromatic carbocycles. The van der Waals surface area contributed by atoms with E-state index in [0.717, 1.165) is 22.3 Å². The molecule has 2 aliphatic rings. The van der Waals surface area contributed by atoms with Gasteiger partial charge in [0.05, 0.1) is 25.0 Å². The Bertz CT molecular complexity index is 1490. The molecular weight excluding hydrogens is 541 g/mol. The summed E-state index contributed by atoms with van der Waals surface area (Å²) >= 11 is 1.04. The van der Waals surface area contributed by atoms with Gasteiger partial charge in [0.2, 0.25) is 5.91 Å². The van der Waals surface area contributed by atoms with Crippen LogP contribution >= 0.6 is 11.3 Å². The molecule has 0 bridgehead atoms. The van der Waals surface area contributed by atoms with Crippen molar-refractivity contribution in [2.24, 2.45) is 4.99 Å². The van der Waals surface area contributed by atoms with Gasteiger partial charge in [0.1, 0.15) is 22.3 Å². The van der Waals surface area contributed by atoms with Crippen LogP contribution in [0.2, 0.25) is 0 Å². The highest BCUT2D eigenvalue weighted by molar-refractivity contribution is 7.13. The molecular formula is C23H21F3N8O4S. The van der Waals surface area contributed by atoms with Crippen LogP contribution in [0.5, 0.6) is 0 Å². The highest BCUT2D eigenvalue weighted by Gasteiger charge is 2.50. The summed E-state index contributed by atoms with van der Waals surface area (Å²) in [5.41, 5.74) is -0.455. The molecule has 16 heteroatoms. The largest absolute Gasteiger partial charge is 0.418 e. The maximum Gasteiger partial charge on any atom is 0.418 e. The molecule has 3 aromatic rings. The second-order valence-corrected chi connectivity index (χ2v) is 9.84. The number of aliphatic imine (C=N–C) groups is 1. The van der Waals surface area contributed by atoms with E-state index in [1.165, 1.54) is 41.7 Å². The summed E-state index contributed by atoms with van der Waals surface area (Å²) < 4.78 is 44.8. The standard InChI is InChI=1S/C23H21F3N8O4S/c1-11-4-14(31-38-11)7-34-21(36)18-19(32(3)22(34)37)28-10-33(18)8-17(35)29-16-9-39-20(30-16)13-5-15(23(24,25)26)12(2)27-6-13/h4-6,9-10,18-19H,7-8H2,1-3H3,(H,29,35). The molecule has 4 amide bonds. The van der Waals surface area contributed by atoms with Crippen molar-refractivity contribution in [2.45, 2.75) is 38.8 Å². The molecule has 0 saturated carbocycles. The minimum atomic E-state index is -4.56. The number of halogens is 3. The average molecular weight is 563 g/mol. The van der Waals surface area contributed by atoms with Gasteiger partial charge in [-0.15, -0.1) is 11.3 Å². The minimum Gasteiger partial charge on any atom is -0.361 e. The monoisotopic (exact) mass is 562 g/mol. The van der Waals surface area contributed by atoms with E-state index < -0.39 is 41.8 Å². The summed E-state index contributed by atoms with van der Waals surface area (Å²) in [6.45, 7) is 2.57. The SMILES string of the molecule is Cc1cc(CN2C(=O)C3C(N=CN3CC(=O)Nc3csc(-c4cnc(C)c(C(F)(F)F)c4)n3)N(C)C2=O)no1. The van der Waals surface area contributed by atoms with Gasteiger partial charge in [-0.3, -0.25) is 19.5 Å². The Balaban J connectivity index is 1.27. The summed E-state index contributed by atoms with van der Waals surface area (Å²) in [5, 5.41) is 8.15. The number of hydrogen-bond acceptors (Lipinski definition) is 10. The molecule has 2 unspecified atom stereocenters. The first-order valence-electron chi connectivity index (χ1n) is 11.5. The summed E-state index contributed by atoms with van der Waals surface area (Å²) in [6, 6.07) is 1.09. The number of anilines is 1. The third kappa shape index (κ3) is 5.06. The molecule has 5 rings (SSSR count). The van der Waals surface area contributed by atoms with Gasteiger partial charge in [-0.05, 0) is 19.9 Å². The van der Waals surface area contributed by atoms with Crippen LogP contribution in [0.4, 0.5) is 23.8 Å². The Hall–Kier alpha value is -4.34. The van der Waals surface area contributed by atoms with Crippen LogP contribution in [0.15, 0.2) is 33.2 Å². The molecule has 39 heavy (non-hydrogen) atoms. The Labute approximate surface area is 223 Å². The van der Waals surface area contributed by atoms with Crippen molar-refractivity contribution in [3.8, 4) is 10.6 Å². The van der Waals surface area contributed by atoms with Crippen LogP contribution < -0.4 is 5.32 Å². The lowest BCUT2D eigenvalue weighted by Gasteiger charge is -2.40. The van der Waals surface area contributed by atoms with Crippen LogP contribution in [0.25, 0.3) is 10.6 Å². The number of hydrogen-bond donors (Lipinski definition) is 1. The Morgan fingerprint density at radius 2 is 2.00 bits per heavy atom. The van der Waals surface area contributed by atoms with Crippen LogP contribution in [-0.2, 0) is 22.3 Å². The van der Waals surface area contributed by atoms with Gasteiger partial charge in [0.25, 0.3) is 5.91 Å². The lowest BCUT2D eigenvalue weighted by Crippen LogP contribution is -2.64. The molecule has 2 atom stereocenters. The maximum atomic E-state index is 13.3. The number of nitrogens with one attached hydrogen (secondary N) is 1. The number of aryl methyl sites for hydroxylation is 2. The van der Waals surface area contributed by atoms with Gasteiger partial charge in [-0.2, -0.15) is 13.2 Å². The number of likely N-dealkylation sites (N-methyl/N-ethyl adjacent to an activating group) is 1. The number of imide groups is 1. The second-order valence-electron chi connectivity index (χ2n) is 8.98. The molecule has 1 N–H and O–H groups in total. The van der Waals surface area contributed by atoms with Gasteiger partial charge >= 0.3 is 12.2 Å². The number of amides is 4. The molecule has 5 heterocycles. The van der Waals surface area contributed by atoms with E-state index in [4.69, 9.17) is 4.52 Å². The van der Waals surface area contributed by atoms with Crippen molar-refractivity contribution in [1.82, 2.24) is 29.8 Å². The van der Waals surface area contributed by atoms with Gasteiger partial charge < -0.3 is 19.6 Å². The summed E-state index contributed by atoms with van der Waals surface area (Å²) in [6.07, 6.45) is -2.75. The normalized spacial score (nSPS) is 19.2. The fourth-order valence-electron chi connectivity index (χ4n) is 4.31. The van der Waals surface area contributed by atoms with Crippen molar-refractivity contribution >= 4 is 41.3 Å². The molecule has 0 spiro atoms. The maximum absolute atomic E-state index is 13.3. The second kappa shape index (κ2) is 9.76. The fourth-order valence-corrected chi connectivity index (χ4v) is 5.04. The molecule has 1 fully saturated rings.